The van der Waals surface area contributed by atoms with Gasteiger partial charge in [-0.1, -0.05) is 11.6 Å². The maximum Gasteiger partial charge on any atom is 0.171 e. The van der Waals surface area contributed by atoms with Gasteiger partial charge in [0.05, 0.1) is 36.6 Å². The van der Waals surface area contributed by atoms with Crippen LogP contribution in [-0.2, 0) is 9.47 Å². The van der Waals surface area contributed by atoms with Crippen LogP contribution in [0.15, 0.2) is 30.6 Å². The number of H-pyrrole nitrogens is 1. The van der Waals surface area contributed by atoms with Crippen molar-refractivity contribution >= 4 is 28.5 Å². The van der Waals surface area contributed by atoms with E-state index in [0.29, 0.717) is 29.8 Å². The first kappa shape index (κ1) is 16.0. The molecule has 2 aliphatic rings. The quantitative estimate of drug-likeness (QED) is 0.746. The van der Waals surface area contributed by atoms with Crippen molar-refractivity contribution < 1.29 is 9.47 Å². The van der Waals surface area contributed by atoms with Crippen LogP contribution in [0.4, 0.5) is 5.82 Å². The number of halogens is 1. The molecule has 0 unspecified atom stereocenters. The molecule has 0 radical (unpaired) electrons. The Morgan fingerprint density at radius 3 is 2.69 bits per heavy atom. The van der Waals surface area contributed by atoms with Crippen LogP contribution in [0.5, 0.6) is 0 Å². The summed E-state index contributed by atoms with van der Waals surface area (Å²) in [6, 6.07) is 5.57. The number of hydrogen-bond donors (Lipinski definition) is 1. The molecular weight excluding hydrogens is 354 g/mol. The third kappa shape index (κ3) is 2.82. The lowest BCUT2D eigenvalue weighted by Gasteiger charge is -2.38. The Hall–Kier alpha value is -2.22. The summed E-state index contributed by atoms with van der Waals surface area (Å²) in [7, 11) is 0. The van der Waals surface area contributed by atoms with E-state index in [0.717, 1.165) is 42.8 Å². The van der Waals surface area contributed by atoms with E-state index in [2.05, 4.69) is 19.9 Å². The molecule has 1 spiro atoms. The van der Waals surface area contributed by atoms with Gasteiger partial charge in [-0.15, -0.1) is 0 Å². The van der Waals surface area contributed by atoms with Crippen molar-refractivity contribution in [2.24, 2.45) is 0 Å². The smallest absolute Gasteiger partial charge is 0.171 e. The fourth-order valence-electron chi connectivity index (χ4n) is 3.59. The number of anilines is 1. The standard InChI is InChI=1S/C18H18ClN5O2/c19-12-1-2-13-14(9-12)23-17(22-13)15-10-20-11-16(21-15)24-5-3-18(4-6-24)25-7-8-26-18/h1-2,9-11H,3-8H2,(H,22,23). The molecule has 2 aliphatic heterocycles. The van der Waals surface area contributed by atoms with Crippen LogP contribution < -0.4 is 4.90 Å². The first-order chi connectivity index (χ1) is 12.7. The fourth-order valence-corrected chi connectivity index (χ4v) is 3.76. The normalized spacial score (nSPS) is 19.5. The Morgan fingerprint density at radius 2 is 1.88 bits per heavy atom. The van der Waals surface area contributed by atoms with E-state index in [1.54, 1.807) is 12.4 Å². The maximum atomic E-state index is 6.05. The minimum absolute atomic E-state index is 0.389. The van der Waals surface area contributed by atoms with Crippen molar-refractivity contribution in [3.8, 4) is 11.5 Å². The predicted molar refractivity (Wildman–Crippen MR) is 98.2 cm³/mol. The van der Waals surface area contributed by atoms with Crippen molar-refractivity contribution in [2.75, 3.05) is 31.2 Å². The van der Waals surface area contributed by atoms with Crippen LogP contribution in [0.3, 0.4) is 0 Å². The van der Waals surface area contributed by atoms with Gasteiger partial charge in [-0.25, -0.2) is 9.97 Å². The topological polar surface area (TPSA) is 76.2 Å². The number of aromatic amines is 1. The molecule has 4 heterocycles. The molecule has 0 bridgehead atoms. The minimum atomic E-state index is -0.389. The maximum absolute atomic E-state index is 6.05. The fraction of sp³-hybridized carbons (Fsp3) is 0.389. The number of benzene rings is 1. The summed E-state index contributed by atoms with van der Waals surface area (Å²) in [5.74, 6) is 1.14. The molecular formula is C18H18ClN5O2. The molecule has 1 N–H and O–H groups in total. The first-order valence-electron chi connectivity index (χ1n) is 8.71. The third-order valence-corrected chi connectivity index (χ3v) is 5.21. The molecule has 2 fully saturated rings. The van der Waals surface area contributed by atoms with E-state index in [-0.39, 0.29) is 5.79 Å². The number of hydrogen-bond acceptors (Lipinski definition) is 6. The lowest BCUT2D eigenvalue weighted by atomic mass is 10.0. The SMILES string of the molecule is Clc1ccc2nc(-c3cncc(N4CCC5(CC4)OCCO5)n3)[nH]c2c1. The van der Waals surface area contributed by atoms with Gasteiger partial charge in [-0.3, -0.25) is 4.98 Å². The molecule has 2 saturated heterocycles. The van der Waals surface area contributed by atoms with Gasteiger partial charge in [0.2, 0.25) is 0 Å². The van der Waals surface area contributed by atoms with Gasteiger partial charge in [0.1, 0.15) is 11.5 Å². The van der Waals surface area contributed by atoms with Gasteiger partial charge in [-0.05, 0) is 18.2 Å². The Balaban J connectivity index is 1.40. The summed E-state index contributed by atoms with van der Waals surface area (Å²) >= 11 is 6.05. The second kappa shape index (κ2) is 6.19. The van der Waals surface area contributed by atoms with Crippen molar-refractivity contribution in [3.63, 3.8) is 0 Å². The third-order valence-electron chi connectivity index (χ3n) is 4.97. The van der Waals surface area contributed by atoms with E-state index >= 15 is 0 Å². The largest absolute Gasteiger partial charge is 0.355 e. The van der Waals surface area contributed by atoms with Crippen molar-refractivity contribution in [2.45, 2.75) is 18.6 Å². The zero-order chi connectivity index (χ0) is 17.6. The molecule has 8 heteroatoms. The summed E-state index contributed by atoms with van der Waals surface area (Å²) < 4.78 is 11.6. The zero-order valence-corrected chi connectivity index (χ0v) is 14.9. The van der Waals surface area contributed by atoms with Gasteiger partial charge in [0.25, 0.3) is 0 Å². The van der Waals surface area contributed by atoms with Gasteiger partial charge in [-0.2, -0.15) is 0 Å². The monoisotopic (exact) mass is 371 g/mol. The lowest BCUT2D eigenvalue weighted by molar-refractivity contribution is -0.169. The molecule has 134 valence electrons. The highest BCUT2D eigenvalue weighted by Gasteiger charge is 2.40. The average molecular weight is 372 g/mol. The van der Waals surface area contributed by atoms with E-state index in [4.69, 9.17) is 26.1 Å². The van der Waals surface area contributed by atoms with Gasteiger partial charge in [0, 0.05) is 31.0 Å². The molecule has 2 aromatic heterocycles. The molecule has 3 aromatic rings. The number of rotatable bonds is 2. The Kier molecular flexibility index (Phi) is 3.81. The molecule has 0 amide bonds. The lowest BCUT2D eigenvalue weighted by Crippen LogP contribution is -2.45. The highest BCUT2D eigenvalue weighted by molar-refractivity contribution is 6.31. The number of fused-ring (bicyclic) bond motifs is 1. The Bertz CT molecular complexity index is 944. The predicted octanol–water partition coefficient (Wildman–Crippen LogP) is 3.02. The highest BCUT2D eigenvalue weighted by atomic mass is 35.5. The molecule has 26 heavy (non-hydrogen) atoms. The van der Waals surface area contributed by atoms with Gasteiger partial charge >= 0.3 is 0 Å². The zero-order valence-electron chi connectivity index (χ0n) is 14.1. The van der Waals surface area contributed by atoms with Crippen molar-refractivity contribution in [1.29, 1.82) is 0 Å². The molecule has 1 aromatic carbocycles. The van der Waals surface area contributed by atoms with Gasteiger partial charge in [0.15, 0.2) is 11.6 Å². The molecule has 0 aliphatic carbocycles. The highest BCUT2D eigenvalue weighted by Crippen LogP contribution is 2.33. The number of nitrogens with one attached hydrogen (secondary N) is 1. The second-order valence-corrected chi connectivity index (χ2v) is 7.04. The van der Waals surface area contributed by atoms with Gasteiger partial charge < -0.3 is 19.4 Å². The minimum Gasteiger partial charge on any atom is -0.355 e. The Labute approximate surface area is 155 Å². The molecule has 5 rings (SSSR count). The van der Waals surface area contributed by atoms with Crippen molar-refractivity contribution in [1.82, 2.24) is 19.9 Å². The number of piperidine rings is 1. The van der Waals surface area contributed by atoms with Crippen molar-refractivity contribution in [3.05, 3.63) is 35.6 Å². The van der Waals surface area contributed by atoms with Crippen LogP contribution in [-0.4, -0.2) is 52.0 Å². The average Bonchev–Trinajstić information content (AvgIpc) is 3.29. The van der Waals surface area contributed by atoms with Crippen LogP contribution in [0.25, 0.3) is 22.6 Å². The van der Waals surface area contributed by atoms with Crippen LogP contribution in [0.1, 0.15) is 12.8 Å². The molecule has 7 nitrogen and oxygen atoms in total. The van der Waals surface area contributed by atoms with Crippen LogP contribution >= 0.6 is 11.6 Å². The number of imidazole rings is 1. The molecule has 0 atom stereocenters. The van der Waals surface area contributed by atoms with E-state index in [1.165, 1.54) is 0 Å². The summed E-state index contributed by atoms with van der Waals surface area (Å²) in [6.45, 7) is 3.03. The van der Waals surface area contributed by atoms with E-state index in [1.807, 2.05) is 18.2 Å². The number of ether oxygens (including phenoxy) is 2. The number of nitrogens with zero attached hydrogens (tertiary/aromatic N) is 4. The van der Waals surface area contributed by atoms with Crippen LogP contribution in [0.2, 0.25) is 5.02 Å². The summed E-state index contributed by atoms with van der Waals surface area (Å²) in [4.78, 5) is 19.2. The molecule has 0 saturated carbocycles. The first-order valence-corrected chi connectivity index (χ1v) is 9.09. The van der Waals surface area contributed by atoms with E-state index < -0.39 is 0 Å². The van der Waals surface area contributed by atoms with E-state index in [9.17, 15) is 0 Å². The van der Waals surface area contributed by atoms with Crippen LogP contribution in [0, 0.1) is 0 Å². The summed E-state index contributed by atoms with van der Waals surface area (Å²) in [6.07, 6.45) is 5.18. The number of aromatic nitrogens is 4. The summed E-state index contributed by atoms with van der Waals surface area (Å²) in [5.41, 5.74) is 2.45. The second-order valence-electron chi connectivity index (χ2n) is 6.60. The Morgan fingerprint density at radius 1 is 1.08 bits per heavy atom. The summed E-state index contributed by atoms with van der Waals surface area (Å²) in [5, 5.41) is 0.672.